The van der Waals surface area contributed by atoms with Gasteiger partial charge in [-0.05, 0) is 93.7 Å². The molecule has 2 heterocycles. The zero-order chi connectivity index (χ0) is 18.1. The Balaban J connectivity index is 0.000000814. The van der Waals surface area contributed by atoms with E-state index in [9.17, 15) is 0 Å². The highest BCUT2D eigenvalue weighted by Gasteiger charge is 2.21. The molecule has 26 heavy (non-hydrogen) atoms. The molecule has 3 aromatic rings. The van der Waals surface area contributed by atoms with Crippen LogP contribution >= 0.6 is 16.4 Å². The summed E-state index contributed by atoms with van der Waals surface area (Å²) in [5.41, 5.74) is 13.1. The fourth-order valence-electron chi connectivity index (χ4n) is 4.37. The van der Waals surface area contributed by atoms with Crippen LogP contribution in [0.4, 0.5) is 0 Å². The van der Waals surface area contributed by atoms with Crippen molar-refractivity contribution in [1.29, 1.82) is 0 Å². The second-order valence-corrected chi connectivity index (χ2v) is 8.76. The Morgan fingerprint density at radius 2 is 1.50 bits per heavy atom. The van der Waals surface area contributed by atoms with E-state index in [2.05, 4.69) is 17.9 Å². The van der Waals surface area contributed by atoms with Gasteiger partial charge in [0.25, 0.3) is 0 Å². The quantitative estimate of drug-likeness (QED) is 0.438. The van der Waals surface area contributed by atoms with Crippen LogP contribution in [0.3, 0.4) is 0 Å². The van der Waals surface area contributed by atoms with Crippen molar-refractivity contribution < 1.29 is 8.39 Å². The molecule has 2 aromatic heterocycles. The largest absolute Gasteiger partial charge is 0.408 e. The Hall–Kier alpha value is -1.27. The Labute approximate surface area is 157 Å². The first-order chi connectivity index (χ1) is 12.8. The summed E-state index contributed by atoms with van der Waals surface area (Å²) in [6.45, 7) is 4.00. The SMILES string of the molecule is CC.Np1oc2ccc3c(c2c2c4c(cpc2o1)CCCC4)CCCC3. The summed E-state index contributed by atoms with van der Waals surface area (Å²) < 4.78 is 12.1. The maximum atomic E-state index is 6.15. The van der Waals surface area contributed by atoms with Gasteiger partial charge in [-0.3, -0.25) is 0 Å². The van der Waals surface area contributed by atoms with E-state index in [0.717, 1.165) is 31.9 Å². The van der Waals surface area contributed by atoms with Gasteiger partial charge in [0, 0.05) is 10.8 Å². The van der Waals surface area contributed by atoms with E-state index in [-0.39, 0.29) is 0 Å². The fourth-order valence-corrected chi connectivity index (χ4v) is 6.38. The average molecular weight is 387 g/mol. The molecule has 5 heteroatoms. The minimum atomic E-state index is -1.39. The first-order valence-corrected chi connectivity index (χ1v) is 12.1. The van der Waals surface area contributed by atoms with Gasteiger partial charge in [0.15, 0.2) is 5.31 Å². The highest BCUT2D eigenvalue weighted by Crippen LogP contribution is 2.43. The van der Waals surface area contributed by atoms with Crippen LogP contribution in [-0.2, 0) is 25.7 Å². The number of hydrogen-bond donors (Lipinski definition) is 1. The molecular formula is C21H27NO2P2. The van der Waals surface area contributed by atoms with Gasteiger partial charge in [-0.1, -0.05) is 19.9 Å². The van der Waals surface area contributed by atoms with Gasteiger partial charge >= 0.3 is 8.16 Å². The number of rotatable bonds is 0. The molecule has 2 aliphatic rings. The first-order valence-electron chi connectivity index (χ1n) is 9.88. The van der Waals surface area contributed by atoms with Gasteiger partial charge in [-0.2, -0.15) is 0 Å². The Morgan fingerprint density at radius 1 is 0.846 bits per heavy atom. The van der Waals surface area contributed by atoms with Gasteiger partial charge in [0.2, 0.25) is 0 Å². The van der Waals surface area contributed by atoms with Crippen molar-refractivity contribution in [3.63, 3.8) is 0 Å². The van der Waals surface area contributed by atoms with Gasteiger partial charge in [0.05, 0.1) is 0 Å². The van der Waals surface area contributed by atoms with E-state index in [1.54, 1.807) is 0 Å². The molecule has 0 saturated carbocycles. The summed E-state index contributed by atoms with van der Waals surface area (Å²) >= 11 is 0. The molecule has 1 atom stereocenters. The van der Waals surface area contributed by atoms with Crippen LogP contribution in [0.1, 0.15) is 61.8 Å². The number of nitrogens with two attached hydrogens (primary N) is 1. The van der Waals surface area contributed by atoms with Crippen LogP contribution in [0.25, 0.3) is 21.7 Å². The standard InChI is InChI=1S/C19H21NO2P2.C2H6/c20-24-21-16-10-9-12-5-1-3-7-14(12)17(16)18-15-8-4-2-6-13(15)11-23-19(18)22-24;1-2/h9-11H,1-8,20H2;1-2H3. The number of benzene rings is 1. The molecule has 0 spiro atoms. The van der Waals surface area contributed by atoms with Crippen LogP contribution in [0, 0.1) is 0 Å². The molecule has 0 saturated heterocycles. The van der Waals surface area contributed by atoms with Gasteiger partial charge < -0.3 is 8.39 Å². The van der Waals surface area contributed by atoms with Crippen molar-refractivity contribution in [2.24, 2.45) is 0 Å². The molecule has 0 bridgehead atoms. The van der Waals surface area contributed by atoms with Crippen molar-refractivity contribution in [2.75, 3.05) is 5.50 Å². The van der Waals surface area contributed by atoms with Crippen molar-refractivity contribution in [3.05, 3.63) is 40.2 Å². The zero-order valence-corrected chi connectivity index (χ0v) is 17.5. The van der Waals surface area contributed by atoms with Crippen LogP contribution in [0.15, 0.2) is 26.3 Å². The van der Waals surface area contributed by atoms with Crippen LogP contribution in [0.5, 0.6) is 0 Å². The van der Waals surface area contributed by atoms with Crippen LogP contribution < -0.4 is 5.50 Å². The van der Waals surface area contributed by atoms with E-state index in [1.807, 2.05) is 13.8 Å². The number of nitrogen functional groups attached to an aromatic ring is 1. The lowest BCUT2D eigenvalue weighted by Crippen LogP contribution is -2.05. The summed E-state index contributed by atoms with van der Waals surface area (Å²) in [6, 6.07) is 4.37. The summed E-state index contributed by atoms with van der Waals surface area (Å²) in [7, 11) is -0.257. The summed E-state index contributed by atoms with van der Waals surface area (Å²) in [5.74, 6) is 2.33. The maximum absolute atomic E-state index is 6.15. The highest BCUT2D eigenvalue weighted by molar-refractivity contribution is 7.39. The predicted octanol–water partition coefficient (Wildman–Crippen LogP) is 7.37. The molecule has 0 aliphatic heterocycles. The summed E-state index contributed by atoms with van der Waals surface area (Å²) in [5, 5.41) is 3.63. The molecule has 138 valence electrons. The molecule has 0 amide bonds. The lowest BCUT2D eigenvalue weighted by Gasteiger charge is -2.20. The van der Waals surface area contributed by atoms with Crippen LogP contribution in [-0.4, -0.2) is 0 Å². The van der Waals surface area contributed by atoms with Crippen molar-refractivity contribution in [3.8, 4) is 0 Å². The zero-order valence-electron chi connectivity index (χ0n) is 15.7. The third kappa shape index (κ3) is 3.11. The Bertz CT molecular complexity index is 916. The lowest BCUT2D eigenvalue weighted by molar-refractivity contribution is 0.649. The second kappa shape index (κ2) is 7.77. The molecule has 2 aliphatic carbocycles. The van der Waals surface area contributed by atoms with Crippen LogP contribution in [0.2, 0.25) is 0 Å². The van der Waals surface area contributed by atoms with Crippen molar-refractivity contribution in [1.82, 2.24) is 0 Å². The molecule has 2 N–H and O–H groups in total. The van der Waals surface area contributed by atoms with Crippen molar-refractivity contribution in [2.45, 2.75) is 65.2 Å². The summed E-state index contributed by atoms with van der Waals surface area (Å²) in [4.78, 5) is 0. The number of aryl methyl sites for hydroxylation is 4. The lowest BCUT2D eigenvalue weighted by atomic mass is 9.86. The molecule has 0 radical (unpaired) electrons. The monoisotopic (exact) mass is 387 g/mol. The maximum Gasteiger partial charge on any atom is 0.304 e. The van der Waals surface area contributed by atoms with E-state index in [4.69, 9.17) is 13.9 Å². The minimum absolute atomic E-state index is 0.934. The molecular weight excluding hydrogens is 360 g/mol. The van der Waals surface area contributed by atoms with E-state index >= 15 is 0 Å². The number of fused-ring (bicyclic) bond motifs is 7. The first kappa shape index (κ1) is 18.1. The molecule has 1 aromatic carbocycles. The summed E-state index contributed by atoms with van der Waals surface area (Å²) in [6.07, 6.45) is 9.79. The smallest absolute Gasteiger partial charge is 0.304 e. The Kier molecular flexibility index (Phi) is 5.41. The molecule has 1 unspecified atom stereocenters. The molecule has 0 fully saturated rings. The normalized spacial score (nSPS) is 16.8. The van der Waals surface area contributed by atoms with Crippen molar-refractivity contribution >= 4 is 38.0 Å². The van der Waals surface area contributed by atoms with E-state index in [1.165, 1.54) is 71.6 Å². The van der Waals surface area contributed by atoms with E-state index in [0.29, 0.717) is 0 Å². The Morgan fingerprint density at radius 3 is 2.27 bits per heavy atom. The fraction of sp³-hybridized carbons (Fsp3) is 0.476. The molecule has 5 rings (SSSR count). The van der Waals surface area contributed by atoms with Gasteiger partial charge in [-0.25, -0.2) is 5.50 Å². The molecule has 3 nitrogen and oxygen atoms in total. The van der Waals surface area contributed by atoms with Gasteiger partial charge in [-0.15, -0.1) is 0 Å². The predicted molar refractivity (Wildman–Crippen MR) is 114 cm³/mol. The minimum Gasteiger partial charge on any atom is -0.408 e. The topological polar surface area (TPSA) is 52.3 Å². The second-order valence-electron chi connectivity index (χ2n) is 6.90. The third-order valence-corrected chi connectivity index (χ3v) is 7.35. The van der Waals surface area contributed by atoms with Gasteiger partial charge in [0.1, 0.15) is 5.58 Å². The van der Waals surface area contributed by atoms with E-state index < -0.39 is 8.16 Å². The average Bonchev–Trinajstić information content (AvgIpc) is 2.85. The highest BCUT2D eigenvalue weighted by atomic mass is 31.1. The number of hydrogen-bond acceptors (Lipinski definition) is 3. The third-order valence-electron chi connectivity index (χ3n) is 5.47.